The fraction of sp³-hybridized carbons (Fsp3) is 0.0625. The fourth-order valence-corrected chi connectivity index (χ4v) is 8.84. The Labute approximate surface area is 306 Å². The molecule has 0 saturated heterocycles. The van der Waals surface area contributed by atoms with Crippen LogP contribution in [0.1, 0.15) is 41.7 Å². The van der Waals surface area contributed by atoms with E-state index in [2.05, 4.69) is 108 Å². The van der Waals surface area contributed by atoms with Crippen molar-refractivity contribution in [1.29, 1.82) is 15.8 Å². The Hall–Kier alpha value is -7.39. The van der Waals surface area contributed by atoms with Crippen LogP contribution in [0.2, 0.25) is 0 Å². The van der Waals surface area contributed by atoms with Gasteiger partial charge in [-0.25, -0.2) is 0 Å². The minimum Gasteiger partial charge on any atom is -0.308 e. The monoisotopic (exact) mass is 675 g/mol. The summed E-state index contributed by atoms with van der Waals surface area (Å²) in [6.45, 7) is 4.57. The highest BCUT2D eigenvalue weighted by Gasteiger charge is 2.36. The van der Waals surface area contributed by atoms with E-state index in [1.54, 1.807) is 6.07 Å². The van der Waals surface area contributed by atoms with E-state index in [1.807, 2.05) is 66.7 Å². The fourth-order valence-electron chi connectivity index (χ4n) is 8.84. The molecule has 1 aliphatic carbocycles. The quantitative estimate of drug-likeness (QED) is 0.187. The van der Waals surface area contributed by atoms with Crippen LogP contribution < -0.4 is 0 Å². The summed E-state index contributed by atoms with van der Waals surface area (Å²) < 4.78 is 4.31. The van der Waals surface area contributed by atoms with Gasteiger partial charge in [-0.2, -0.15) is 15.8 Å². The Morgan fingerprint density at radius 3 is 1.72 bits per heavy atom. The molecule has 0 spiro atoms. The maximum atomic E-state index is 10.8. The van der Waals surface area contributed by atoms with Gasteiger partial charge in [0.25, 0.3) is 0 Å². The van der Waals surface area contributed by atoms with Crippen LogP contribution >= 0.6 is 0 Å². The van der Waals surface area contributed by atoms with Crippen molar-refractivity contribution in [2.45, 2.75) is 19.3 Å². The van der Waals surface area contributed by atoms with Gasteiger partial charge in [-0.3, -0.25) is 0 Å². The van der Waals surface area contributed by atoms with Gasteiger partial charge in [0.15, 0.2) is 0 Å². The summed E-state index contributed by atoms with van der Waals surface area (Å²) in [6, 6.07) is 54.7. The molecule has 5 heteroatoms. The first-order valence-corrected chi connectivity index (χ1v) is 17.6. The third-order valence-electron chi connectivity index (χ3n) is 11.3. The maximum Gasteiger partial charge on any atom is 0.103 e. The second-order valence-corrected chi connectivity index (χ2v) is 14.3. The lowest BCUT2D eigenvalue weighted by molar-refractivity contribution is 0.661. The van der Waals surface area contributed by atoms with Crippen LogP contribution in [0.15, 0.2) is 140 Å². The summed E-state index contributed by atoms with van der Waals surface area (Å²) in [5, 5.41) is 36.0. The molecule has 0 aliphatic heterocycles. The zero-order chi connectivity index (χ0) is 36.0. The van der Waals surface area contributed by atoms with Crippen LogP contribution in [0.4, 0.5) is 0 Å². The first-order valence-electron chi connectivity index (χ1n) is 17.6. The zero-order valence-corrected chi connectivity index (χ0v) is 29.0. The summed E-state index contributed by atoms with van der Waals surface area (Å²) in [6.07, 6.45) is 0. The largest absolute Gasteiger partial charge is 0.308 e. The number of fused-ring (bicyclic) bond motifs is 9. The van der Waals surface area contributed by atoms with E-state index < -0.39 is 0 Å². The molecule has 246 valence electrons. The zero-order valence-electron chi connectivity index (χ0n) is 29.0. The Bertz CT molecular complexity index is 3130. The SMILES string of the molecule is CC1(C)c2ccccc2-c2cc3c4ccccc4n(-c4ccc(-c5ccc(C#N)c(C#N)c5-n5c6ccccc6c6ccccc65)cc4C#N)c3cc21. The van der Waals surface area contributed by atoms with Crippen molar-refractivity contribution in [3.8, 4) is 51.8 Å². The highest BCUT2D eigenvalue weighted by molar-refractivity contribution is 6.12. The molecular weight excluding hydrogens is 647 g/mol. The minimum absolute atomic E-state index is 0.180. The van der Waals surface area contributed by atoms with E-state index in [4.69, 9.17) is 0 Å². The van der Waals surface area contributed by atoms with Crippen LogP contribution in [0, 0.1) is 34.0 Å². The molecule has 0 fully saturated rings. The van der Waals surface area contributed by atoms with E-state index in [9.17, 15) is 15.8 Å². The standard InChI is InChI=1S/C48H29N5/c1-48(2)40-15-7-3-11-33(40)37-24-38-36-14-6-8-16-43(36)52(46(38)25-41(37)48)42-22-20-29(23-31(42)27-50)32-21-19-30(26-49)39(28-51)47(32)53-44-17-9-4-12-34(44)35-13-5-10-18-45(35)53/h3-25H,1-2H3. The molecule has 7 aromatic carbocycles. The van der Waals surface area contributed by atoms with Crippen molar-refractivity contribution < 1.29 is 0 Å². The molecule has 9 aromatic rings. The van der Waals surface area contributed by atoms with Crippen LogP contribution in [0.25, 0.3) is 77.2 Å². The van der Waals surface area contributed by atoms with Gasteiger partial charge in [0, 0.05) is 32.5 Å². The number of nitrogens with zero attached hydrogens (tertiary/aromatic N) is 5. The normalized spacial score (nSPS) is 12.8. The third-order valence-corrected chi connectivity index (χ3v) is 11.3. The summed E-state index contributed by atoms with van der Waals surface area (Å²) >= 11 is 0. The van der Waals surface area contributed by atoms with Crippen molar-refractivity contribution in [2.75, 3.05) is 0 Å². The Kier molecular flexibility index (Phi) is 6.35. The van der Waals surface area contributed by atoms with Crippen LogP contribution in [-0.4, -0.2) is 9.13 Å². The van der Waals surface area contributed by atoms with E-state index in [0.717, 1.165) is 60.4 Å². The molecule has 1 aliphatic rings. The second-order valence-electron chi connectivity index (χ2n) is 14.3. The number of para-hydroxylation sites is 3. The molecule has 0 N–H and O–H groups in total. The van der Waals surface area contributed by atoms with Crippen molar-refractivity contribution >= 4 is 43.6 Å². The van der Waals surface area contributed by atoms with E-state index in [1.165, 1.54) is 22.3 Å². The van der Waals surface area contributed by atoms with Crippen molar-refractivity contribution in [3.63, 3.8) is 0 Å². The summed E-state index contributed by atoms with van der Waals surface area (Å²) in [7, 11) is 0. The maximum absolute atomic E-state index is 10.8. The smallest absolute Gasteiger partial charge is 0.103 e. The number of hydrogen-bond donors (Lipinski definition) is 0. The van der Waals surface area contributed by atoms with Crippen LogP contribution in [0.5, 0.6) is 0 Å². The number of rotatable bonds is 3. The first-order chi connectivity index (χ1) is 25.9. The van der Waals surface area contributed by atoms with Gasteiger partial charge >= 0.3 is 0 Å². The number of benzene rings is 7. The predicted molar refractivity (Wildman–Crippen MR) is 212 cm³/mol. The summed E-state index contributed by atoms with van der Waals surface area (Å²) in [4.78, 5) is 0. The number of nitriles is 3. The number of hydrogen-bond acceptors (Lipinski definition) is 3. The molecule has 0 amide bonds. The van der Waals surface area contributed by atoms with E-state index in [0.29, 0.717) is 22.4 Å². The lowest BCUT2D eigenvalue weighted by atomic mass is 9.82. The van der Waals surface area contributed by atoms with Gasteiger partial charge in [-0.05, 0) is 76.3 Å². The Balaban J connectivity index is 1.24. The summed E-state index contributed by atoms with van der Waals surface area (Å²) in [5.41, 5.74) is 12.9. The molecule has 0 radical (unpaired) electrons. The molecule has 10 rings (SSSR count). The lowest BCUT2D eigenvalue weighted by Crippen LogP contribution is -2.15. The first kappa shape index (κ1) is 30.4. The molecular formula is C48H29N5. The average molecular weight is 676 g/mol. The van der Waals surface area contributed by atoms with Crippen molar-refractivity contribution in [1.82, 2.24) is 9.13 Å². The van der Waals surface area contributed by atoms with Gasteiger partial charge in [0.1, 0.15) is 18.2 Å². The topological polar surface area (TPSA) is 81.2 Å². The van der Waals surface area contributed by atoms with Crippen LogP contribution in [-0.2, 0) is 5.41 Å². The van der Waals surface area contributed by atoms with Gasteiger partial charge < -0.3 is 9.13 Å². The Morgan fingerprint density at radius 2 is 1.06 bits per heavy atom. The molecule has 0 atom stereocenters. The van der Waals surface area contributed by atoms with Gasteiger partial charge in [-0.1, -0.05) is 105 Å². The molecule has 5 nitrogen and oxygen atoms in total. The van der Waals surface area contributed by atoms with E-state index >= 15 is 0 Å². The Morgan fingerprint density at radius 1 is 0.453 bits per heavy atom. The summed E-state index contributed by atoms with van der Waals surface area (Å²) in [5.74, 6) is 0. The van der Waals surface area contributed by atoms with E-state index in [-0.39, 0.29) is 5.41 Å². The minimum atomic E-state index is -0.180. The highest BCUT2D eigenvalue weighted by Crippen LogP contribution is 2.51. The van der Waals surface area contributed by atoms with Gasteiger partial charge in [0.2, 0.25) is 0 Å². The number of aromatic nitrogens is 2. The third kappa shape index (κ3) is 4.10. The second kappa shape index (κ2) is 11.1. The van der Waals surface area contributed by atoms with Crippen molar-refractivity contribution in [3.05, 3.63) is 167 Å². The molecule has 53 heavy (non-hydrogen) atoms. The van der Waals surface area contributed by atoms with Crippen molar-refractivity contribution in [2.24, 2.45) is 0 Å². The van der Waals surface area contributed by atoms with Gasteiger partial charge in [-0.15, -0.1) is 0 Å². The average Bonchev–Trinajstić information content (AvgIpc) is 3.79. The highest BCUT2D eigenvalue weighted by atomic mass is 15.0. The van der Waals surface area contributed by atoms with Crippen LogP contribution in [0.3, 0.4) is 0 Å². The molecule has 0 unspecified atom stereocenters. The lowest BCUT2D eigenvalue weighted by Gasteiger charge is -2.22. The molecule has 2 heterocycles. The molecule has 0 saturated carbocycles. The molecule has 2 aromatic heterocycles. The van der Waals surface area contributed by atoms with Gasteiger partial charge in [0.05, 0.1) is 50.1 Å². The molecule has 0 bridgehead atoms. The predicted octanol–water partition coefficient (Wildman–Crippen LogP) is 11.5.